The third-order valence-corrected chi connectivity index (χ3v) is 3.17. The van der Waals surface area contributed by atoms with Crippen molar-refractivity contribution >= 4 is 27.5 Å². The second kappa shape index (κ2) is 5.84. The van der Waals surface area contributed by atoms with Crippen molar-refractivity contribution in [2.75, 3.05) is 0 Å². The highest BCUT2D eigenvalue weighted by atomic mass is 79.9. The topological polar surface area (TPSA) is 9.23 Å². The third kappa shape index (κ3) is 3.42. The Labute approximate surface area is 121 Å². The van der Waals surface area contributed by atoms with Gasteiger partial charge in [-0.2, -0.15) is 4.39 Å². The lowest BCUT2D eigenvalue weighted by Gasteiger charge is -2.09. The fourth-order valence-electron chi connectivity index (χ4n) is 1.43. The van der Waals surface area contributed by atoms with Gasteiger partial charge in [-0.1, -0.05) is 33.6 Å². The molecule has 0 atom stereocenters. The highest BCUT2D eigenvalue weighted by Crippen LogP contribution is 2.27. The maximum absolute atomic E-state index is 13.4. The molecule has 0 spiro atoms. The molecule has 0 N–H and O–H groups in total. The molecule has 6 heteroatoms. The molecule has 0 amide bonds. The minimum atomic E-state index is -1.08. The van der Waals surface area contributed by atoms with Crippen molar-refractivity contribution in [1.82, 2.24) is 0 Å². The summed E-state index contributed by atoms with van der Waals surface area (Å²) in [4.78, 5) is 0. The van der Waals surface area contributed by atoms with Crippen molar-refractivity contribution in [2.24, 2.45) is 0 Å². The summed E-state index contributed by atoms with van der Waals surface area (Å²) >= 11 is 8.84. The van der Waals surface area contributed by atoms with Gasteiger partial charge in [-0.25, -0.2) is 8.78 Å². The summed E-state index contributed by atoms with van der Waals surface area (Å²) in [6.45, 7) is -0.0913. The van der Waals surface area contributed by atoms with Crippen LogP contribution in [0.2, 0.25) is 5.02 Å². The fraction of sp³-hybridized carbons (Fsp3) is 0.0769. The van der Waals surface area contributed by atoms with Gasteiger partial charge in [0.2, 0.25) is 5.82 Å². The zero-order valence-corrected chi connectivity index (χ0v) is 11.7. The Morgan fingerprint density at radius 1 is 1.11 bits per heavy atom. The van der Waals surface area contributed by atoms with E-state index in [2.05, 4.69) is 15.9 Å². The maximum Gasteiger partial charge on any atom is 0.200 e. The average Bonchev–Trinajstić information content (AvgIpc) is 2.33. The van der Waals surface area contributed by atoms with Gasteiger partial charge in [0.25, 0.3) is 0 Å². The zero-order valence-electron chi connectivity index (χ0n) is 9.39. The number of hydrogen-bond donors (Lipinski definition) is 0. The molecule has 0 saturated heterocycles. The molecule has 0 aliphatic carbocycles. The molecule has 0 bridgehead atoms. The molecule has 2 rings (SSSR count). The van der Waals surface area contributed by atoms with Crippen LogP contribution in [0.1, 0.15) is 5.56 Å². The van der Waals surface area contributed by atoms with Crippen LogP contribution in [0.3, 0.4) is 0 Å². The highest BCUT2D eigenvalue weighted by molar-refractivity contribution is 9.10. The molecular weight excluding hydrogens is 344 g/mol. The number of benzene rings is 2. The molecule has 0 fully saturated rings. The molecule has 0 saturated carbocycles. The van der Waals surface area contributed by atoms with Crippen LogP contribution in [-0.4, -0.2) is 0 Å². The van der Waals surface area contributed by atoms with E-state index >= 15 is 0 Å². The quantitative estimate of drug-likeness (QED) is 0.699. The van der Waals surface area contributed by atoms with Crippen molar-refractivity contribution in [2.45, 2.75) is 6.61 Å². The number of rotatable bonds is 3. The molecule has 2 aromatic rings. The van der Waals surface area contributed by atoms with Gasteiger partial charge in [0, 0.05) is 10.0 Å². The first-order chi connectivity index (χ1) is 8.97. The van der Waals surface area contributed by atoms with Crippen LogP contribution in [-0.2, 0) is 6.61 Å². The predicted octanol–water partition coefficient (Wildman–Crippen LogP) is 5.10. The van der Waals surface area contributed by atoms with E-state index in [0.717, 1.165) is 12.1 Å². The van der Waals surface area contributed by atoms with Gasteiger partial charge >= 0.3 is 0 Å². The van der Waals surface area contributed by atoms with E-state index in [9.17, 15) is 13.2 Å². The van der Waals surface area contributed by atoms with E-state index in [4.69, 9.17) is 16.3 Å². The Balaban J connectivity index is 2.19. The summed E-state index contributed by atoms with van der Waals surface area (Å²) in [5.74, 6) is -2.82. The Bertz CT molecular complexity index is 619. The van der Waals surface area contributed by atoms with Crippen LogP contribution >= 0.6 is 27.5 Å². The second-order valence-electron chi connectivity index (χ2n) is 3.72. The summed E-state index contributed by atoms with van der Waals surface area (Å²) in [7, 11) is 0. The van der Waals surface area contributed by atoms with Crippen molar-refractivity contribution in [3.8, 4) is 5.75 Å². The molecular formula is C13H7BrClF3O. The summed E-state index contributed by atoms with van der Waals surface area (Å²) < 4.78 is 44.9. The van der Waals surface area contributed by atoms with Crippen LogP contribution in [0.5, 0.6) is 5.75 Å². The van der Waals surface area contributed by atoms with E-state index in [1.54, 1.807) is 0 Å². The van der Waals surface area contributed by atoms with Gasteiger partial charge in [0.15, 0.2) is 11.6 Å². The second-order valence-corrected chi connectivity index (χ2v) is 5.05. The first kappa shape index (κ1) is 14.2. The van der Waals surface area contributed by atoms with E-state index in [-0.39, 0.29) is 17.4 Å². The third-order valence-electron chi connectivity index (χ3n) is 2.36. The molecule has 0 aliphatic heterocycles. The Morgan fingerprint density at radius 2 is 1.84 bits per heavy atom. The summed E-state index contributed by atoms with van der Waals surface area (Å²) in [6, 6.07) is 6.05. The molecule has 0 aromatic heterocycles. The lowest BCUT2D eigenvalue weighted by molar-refractivity contribution is 0.284. The molecule has 0 unspecified atom stereocenters. The largest absolute Gasteiger partial charge is 0.486 e. The van der Waals surface area contributed by atoms with Crippen LogP contribution < -0.4 is 4.74 Å². The smallest absolute Gasteiger partial charge is 0.200 e. The SMILES string of the molecule is Fc1ccc(COc2cc(Br)cc(F)c2F)c(Cl)c1. The fourth-order valence-corrected chi connectivity index (χ4v) is 2.06. The van der Waals surface area contributed by atoms with Gasteiger partial charge in [0.05, 0.1) is 5.02 Å². The number of hydrogen-bond acceptors (Lipinski definition) is 1. The van der Waals surface area contributed by atoms with Crippen molar-refractivity contribution in [3.63, 3.8) is 0 Å². The standard InChI is InChI=1S/C13H7BrClF3O/c14-8-3-11(17)13(18)12(4-8)19-6-7-1-2-9(16)5-10(7)15/h1-5H,6H2. The van der Waals surface area contributed by atoms with Crippen molar-refractivity contribution < 1.29 is 17.9 Å². The molecule has 1 nitrogen and oxygen atoms in total. The first-order valence-corrected chi connectivity index (χ1v) is 6.35. The van der Waals surface area contributed by atoms with E-state index in [1.165, 1.54) is 18.2 Å². The van der Waals surface area contributed by atoms with Crippen LogP contribution in [0.15, 0.2) is 34.8 Å². The van der Waals surface area contributed by atoms with Gasteiger partial charge < -0.3 is 4.74 Å². The Hall–Kier alpha value is -1.20. The Morgan fingerprint density at radius 3 is 2.53 bits per heavy atom. The minimum absolute atomic E-state index is 0.0913. The average molecular weight is 352 g/mol. The maximum atomic E-state index is 13.4. The normalized spacial score (nSPS) is 10.6. The summed E-state index contributed by atoms with van der Waals surface area (Å²) in [5, 5.41) is 0.163. The molecule has 0 heterocycles. The van der Waals surface area contributed by atoms with Gasteiger partial charge in [0.1, 0.15) is 12.4 Å². The zero-order chi connectivity index (χ0) is 14.0. The van der Waals surface area contributed by atoms with Gasteiger partial charge in [-0.15, -0.1) is 0 Å². The van der Waals surface area contributed by atoms with E-state index in [1.807, 2.05) is 0 Å². The molecule has 100 valence electrons. The lowest BCUT2D eigenvalue weighted by atomic mass is 10.2. The van der Waals surface area contributed by atoms with Gasteiger partial charge in [-0.3, -0.25) is 0 Å². The molecule has 19 heavy (non-hydrogen) atoms. The monoisotopic (exact) mass is 350 g/mol. The van der Waals surface area contributed by atoms with Crippen LogP contribution in [0.4, 0.5) is 13.2 Å². The number of ether oxygens (including phenoxy) is 1. The summed E-state index contributed by atoms with van der Waals surface area (Å²) in [5.41, 5.74) is 0.475. The first-order valence-electron chi connectivity index (χ1n) is 5.18. The lowest BCUT2D eigenvalue weighted by Crippen LogP contribution is -2.00. The van der Waals surface area contributed by atoms with Crippen LogP contribution in [0.25, 0.3) is 0 Å². The molecule has 0 radical (unpaired) electrons. The van der Waals surface area contributed by atoms with Crippen LogP contribution in [0, 0.1) is 17.5 Å². The van der Waals surface area contributed by atoms with Crippen molar-refractivity contribution in [1.29, 1.82) is 0 Å². The highest BCUT2D eigenvalue weighted by Gasteiger charge is 2.12. The minimum Gasteiger partial charge on any atom is -0.486 e. The van der Waals surface area contributed by atoms with E-state index in [0.29, 0.717) is 10.0 Å². The van der Waals surface area contributed by atoms with E-state index < -0.39 is 17.5 Å². The molecule has 2 aromatic carbocycles. The van der Waals surface area contributed by atoms with Gasteiger partial charge in [-0.05, 0) is 24.3 Å². The van der Waals surface area contributed by atoms with Crippen molar-refractivity contribution in [3.05, 3.63) is 62.8 Å². The predicted molar refractivity (Wildman–Crippen MR) is 69.8 cm³/mol. The molecule has 0 aliphatic rings. The summed E-state index contributed by atoms with van der Waals surface area (Å²) in [6.07, 6.45) is 0. The Kier molecular flexibility index (Phi) is 4.37. The number of halogens is 5.